The first kappa shape index (κ1) is 24.8. The fourth-order valence-electron chi connectivity index (χ4n) is 3.47. The molecule has 2 aromatic carbocycles. The zero-order chi connectivity index (χ0) is 24.8. The molecule has 1 fully saturated rings. The first-order valence-electron chi connectivity index (χ1n) is 11.1. The van der Waals surface area contributed by atoms with Gasteiger partial charge in [-0.2, -0.15) is 0 Å². The van der Waals surface area contributed by atoms with Crippen molar-refractivity contribution in [1.82, 2.24) is 9.80 Å². The summed E-state index contributed by atoms with van der Waals surface area (Å²) < 4.78 is 17.0. The monoisotopic (exact) mass is 466 g/mol. The third kappa shape index (κ3) is 5.39. The van der Waals surface area contributed by atoms with Crippen LogP contribution in [-0.2, 0) is 9.59 Å². The molecule has 34 heavy (non-hydrogen) atoms. The number of likely N-dealkylation sites (N-methyl/N-ethyl adjacent to an activating group) is 2. The van der Waals surface area contributed by atoms with Crippen LogP contribution in [0.4, 0.5) is 4.79 Å². The van der Waals surface area contributed by atoms with Crippen molar-refractivity contribution in [2.24, 2.45) is 0 Å². The predicted molar refractivity (Wildman–Crippen MR) is 128 cm³/mol. The molecule has 0 aliphatic carbocycles. The van der Waals surface area contributed by atoms with E-state index in [4.69, 9.17) is 14.2 Å². The second-order valence-electron chi connectivity index (χ2n) is 8.05. The van der Waals surface area contributed by atoms with Crippen LogP contribution < -0.4 is 14.2 Å². The van der Waals surface area contributed by atoms with Gasteiger partial charge in [0.25, 0.3) is 11.8 Å². The first-order chi connectivity index (χ1) is 16.3. The minimum atomic E-state index is -0.665. The number of ether oxygens (including phenoxy) is 3. The number of urea groups is 1. The van der Waals surface area contributed by atoms with Crippen molar-refractivity contribution in [3.05, 3.63) is 59.2 Å². The van der Waals surface area contributed by atoms with Gasteiger partial charge in [0.1, 0.15) is 24.5 Å². The van der Waals surface area contributed by atoms with Gasteiger partial charge in [-0.1, -0.05) is 32.0 Å². The van der Waals surface area contributed by atoms with Gasteiger partial charge in [-0.25, -0.2) is 4.79 Å². The molecule has 3 rings (SSSR count). The molecular formula is C26H30N2O6. The molecule has 0 radical (unpaired) electrons. The maximum Gasteiger partial charge on any atom is 0.333 e. The van der Waals surface area contributed by atoms with Crippen molar-refractivity contribution in [3.63, 3.8) is 0 Å². The van der Waals surface area contributed by atoms with Gasteiger partial charge < -0.3 is 14.2 Å². The van der Waals surface area contributed by atoms with Crippen molar-refractivity contribution in [2.45, 2.75) is 26.2 Å². The van der Waals surface area contributed by atoms with Gasteiger partial charge in [0, 0.05) is 14.1 Å². The number of barbiturate groups is 1. The largest absolute Gasteiger partial charge is 0.493 e. The van der Waals surface area contributed by atoms with Gasteiger partial charge in [0.05, 0.1) is 7.11 Å². The number of carbonyl (C=O) groups is 3. The van der Waals surface area contributed by atoms with Crippen LogP contribution in [0.1, 0.15) is 37.3 Å². The van der Waals surface area contributed by atoms with Crippen molar-refractivity contribution in [2.75, 3.05) is 34.4 Å². The standard InChI is InChI=1S/C26H30N2O6/c1-6-17(2)19-8-10-20(11-9-19)33-13-14-34-22-12-7-18(16-23(22)32-5)15-21-24(29)27(3)26(31)28(4)25(21)30/h7-12,15-17H,6,13-14H2,1-5H3. The highest BCUT2D eigenvalue weighted by Gasteiger charge is 2.37. The predicted octanol–water partition coefficient (Wildman–Crippen LogP) is 4.10. The van der Waals surface area contributed by atoms with E-state index in [1.807, 2.05) is 12.1 Å². The van der Waals surface area contributed by atoms with Crippen LogP contribution >= 0.6 is 0 Å². The molecule has 0 saturated carbocycles. The SMILES string of the molecule is CCC(C)c1ccc(OCCOc2ccc(C=C3C(=O)N(C)C(=O)N(C)C3=O)cc2OC)cc1. The lowest BCUT2D eigenvalue weighted by molar-refractivity contribution is -0.134. The maximum atomic E-state index is 12.4. The summed E-state index contributed by atoms with van der Waals surface area (Å²) in [5, 5.41) is 0. The number of nitrogens with zero attached hydrogens (tertiary/aromatic N) is 2. The Kier molecular flexibility index (Phi) is 7.94. The van der Waals surface area contributed by atoms with E-state index in [2.05, 4.69) is 26.0 Å². The molecule has 8 nitrogen and oxygen atoms in total. The van der Waals surface area contributed by atoms with E-state index in [1.165, 1.54) is 32.8 Å². The number of imide groups is 2. The van der Waals surface area contributed by atoms with Crippen LogP contribution in [0.2, 0.25) is 0 Å². The summed E-state index contributed by atoms with van der Waals surface area (Å²) >= 11 is 0. The molecule has 1 aliphatic rings. The molecule has 1 unspecified atom stereocenters. The fourth-order valence-corrected chi connectivity index (χ4v) is 3.47. The second-order valence-corrected chi connectivity index (χ2v) is 8.05. The zero-order valence-electron chi connectivity index (χ0n) is 20.2. The van der Waals surface area contributed by atoms with E-state index in [-0.39, 0.29) is 5.57 Å². The Morgan fingerprint density at radius 1 is 0.882 bits per heavy atom. The van der Waals surface area contributed by atoms with Crippen molar-refractivity contribution >= 4 is 23.9 Å². The number of carbonyl (C=O) groups excluding carboxylic acids is 3. The van der Waals surface area contributed by atoms with Gasteiger partial charge in [0.15, 0.2) is 11.5 Å². The van der Waals surface area contributed by atoms with E-state index in [0.717, 1.165) is 22.0 Å². The molecular weight excluding hydrogens is 436 g/mol. The molecule has 1 heterocycles. The van der Waals surface area contributed by atoms with E-state index < -0.39 is 17.8 Å². The molecule has 1 aliphatic heterocycles. The Hall–Kier alpha value is -3.81. The normalized spacial score (nSPS) is 14.9. The highest BCUT2D eigenvalue weighted by atomic mass is 16.5. The lowest BCUT2D eigenvalue weighted by atomic mass is 9.99. The number of benzene rings is 2. The number of rotatable bonds is 9. The molecule has 8 heteroatoms. The summed E-state index contributed by atoms with van der Waals surface area (Å²) in [5.74, 6) is 0.942. The molecule has 0 N–H and O–H groups in total. The van der Waals surface area contributed by atoms with Crippen LogP contribution in [0.5, 0.6) is 17.2 Å². The molecule has 0 bridgehead atoms. The minimum absolute atomic E-state index is 0.104. The van der Waals surface area contributed by atoms with Crippen LogP contribution in [-0.4, -0.2) is 62.1 Å². The summed E-state index contributed by atoms with van der Waals surface area (Å²) in [5.41, 5.74) is 1.75. The number of methoxy groups -OCH3 is 1. The van der Waals surface area contributed by atoms with Crippen molar-refractivity contribution in [3.8, 4) is 17.2 Å². The average molecular weight is 467 g/mol. The molecule has 0 aromatic heterocycles. The molecule has 180 valence electrons. The summed E-state index contributed by atoms with van der Waals surface area (Å²) in [7, 11) is 4.17. The van der Waals surface area contributed by atoms with Crippen molar-refractivity contribution < 1.29 is 28.6 Å². The highest BCUT2D eigenvalue weighted by molar-refractivity contribution is 6.30. The third-order valence-corrected chi connectivity index (χ3v) is 5.81. The summed E-state index contributed by atoms with van der Waals surface area (Å²) in [6.45, 7) is 5.02. The second kappa shape index (κ2) is 10.9. The zero-order valence-corrected chi connectivity index (χ0v) is 20.2. The Morgan fingerprint density at radius 2 is 1.50 bits per heavy atom. The first-order valence-corrected chi connectivity index (χ1v) is 11.1. The number of hydrogen-bond acceptors (Lipinski definition) is 6. The van der Waals surface area contributed by atoms with Crippen molar-refractivity contribution in [1.29, 1.82) is 0 Å². The van der Waals surface area contributed by atoms with Gasteiger partial charge in [-0.3, -0.25) is 19.4 Å². The van der Waals surface area contributed by atoms with E-state index in [0.29, 0.717) is 36.2 Å². The van der Waals surface area contributed by atoms with Crippen LogP contribution in [0, 0.1) is 0 Å². The van der Waals surface area contributed by atoms with Crippen LogP contribution in [0.25, 0.3) is 6.08 Å². The number of amides is 4. The molecule has 2 aromatic rings. The van der Waals surface area contributed by atoms with Gasteiger partial charge in [0.2, 0.25) is 0 Å². The summed E-state index contributed by atoms with van der Waals surface area (Å²) in [4.78, 5) is 38.5. The quantitative estimate of drug-likeness (QED) is 0.314. The number of hydrogen-bond donors (Lipinski definition) is 0. The maximum absolute atomic E-state index is 12.4. The Balaban J connectivity index is 1.63. The molecule has 4 amide bonds. The topological polar surface area (TPSA) is 85.4 Å². The lowest BCUT2D eigenvalue weighted by Crippen LogP contribution is -2.52. The Labute approximate surface area is 199 Å². The smallest absolute Gasteiger partial charge is 0.333 e. The summed E-state index contributed by atoms with van der Waals surface area (Å²) in [6.07, 6.45) is 2.52. The third-order valence-electron chi connectivity index (χ3n) is 5.81. The summed E-state index contributed by atoms with van der Waals surface area (Å²) in [6, 6.07) is 12.5. The Morgan fingerprint density at radius 3 is 2.09 bits per heavy atom. The van der Waals surface area contributed by atoms with E-state index >= 15 is 0 Å². The lowest BCUT2D eigenvalue weighted by Gasteiger charge is -2.28. The van der Waals surface area contributed by atoms with Gasteiger partial charge >= 0.3 is 6.03 Å². The van der Waals surface area contributed by atoms with E-state index in [1.54, 1.807) is 18.2 Å². The van der Waals surface area contributed by atoms with Crippen LogP contribution in [0.15, 0.2) is 48.0 Å². The highest BCUT2D eigenvalue weighted by Crippen LogP contribution is 2.30. The van der Waals surface area contributed by atoms with Gasteiger partial charge in [-0.15, -0.1) is 0 Å². The van der Waals surface area contributed by atoms with Gasteiger partial charge in [-0.05, 0) is 53.8 Å². The van der Waals surface area contributed by atoms with E-state index in [9.17, 15) is 14.4 Å². The Bertz CT molecular complexity index is 1070. The molecule has 1 atom stereocenters. The average Bonchev–Trinajstić information content (AvgIpc) is 2.87. The molecule has 0 spiro atoms. The molecule has 1 saturated heterocycles. The fraction of sp³-hybridized carbons (Fsp3) is 0.346. The minimum Gasteiger partial charge on any atom is -0.493 e. The van der Waals surface area contributed by atoms with Crippen LogP contribution in [0.3, 0.4) is 0 Å².